The molecule has 0 aromatic rings. The van der Waals surface area contributed by atoms with Crippen LogP contribution in [0.25, 0.3) is 0 Å². The highest BCUT2D eigenvalue weighted by Gasteiger charge is 2.10. The first-order valence-electron chi connectivity index (χ1n) is 5.83. The first-order chi connectivity index (χ1) is 6.76. The Kier molecular flexibility index (Phi) is 5.20. The summed E-state index contributed by atoms with van der Waals surface area (Å²) in [4.78, 5) is 2.53. The number of hydrogen-bond donors (Lipinski definition) is 1. The minimum absolute atomic E-state index is 0.646. The van der Waals surface area contributed by atoms with Gasteiger partial charge in [-0.2, -0.15) is 0 Å². The summed E-state index contributed by atoms with van der Waals surface area (Å²) < 4.78 is 0. The summed E-state index contributed by atoms with van der Waals surface area (Å²) in [5.74, 6) is 0. The Labute approximate surface area is 88.4 Å². The number of rotatable bonds is 5. The van der Waals surface area contributed by atoms with Crippen molar-refractivity contribution in [1.29, 1.82) is 0 Å². The standard InChI is InChI=1S/C12H24N2/c1-4-14-9-5-6-12(10-14)8-7-11(2)13-3/h6,11,13H,4-5,7-10H2,1-3H3. The van der Waals surface area contributed by atoms with Crippen LogP contribution in [-0.4, -0.2) is 37.6 Å². The molecule has 1 atom stereocenters. The Bertz CT molecular complexity index is 187. The summed E-state index contributed by atoms with van der Waals surface area (Å²) in [5, 5.41) is 3.29. The SMILES string of the molecule is CCN1CCC=C(CCC(C)NC)C1. The Morgan fingerprint density at radius 3 is 3.00 bits per heavy atom. The van der Waals surface area contributed by atoms with Gasteiger partial charge in [0.2, 0.25) is 0 Å². The molecule has 1 aliphatic rings. The van der Waals surface area contributed by atoms with Crippen LogP contribution in [0.15, 0.2) is 11.6 Å². The minimum Gasteiger partial charge on any atom is -0.317 e. The van der Waals surface area contributed by atoms with Gasteiger partial charge in [0.25, 0.3) is 0 Å². The maximum Gasteiger partial charge on any atom is 0.0192 e. The van der Waals surface area contributed by atoms with E-state index in [9.17, 15) is 0 Å². The molecule has 0 fully saturated rings. The maximum atomic E-state index is 3.29. The normalized spacial score (nSPS) is 20.6. The molecular formula is C12H24N2. The first-order valence-corrected chi connectivity index (χ1v) is 5.83. The molecule has 0 aliphatic carbocycles. The van der Waals surface area contributed by atoms with E-state index >= 15 is 0 Å². The van der Waals surface area contributed by atoms with Crippen LogP contribution in [-0.2, 0) is 0 Å². The molecule has 2 nitrogen and oxygen atoms in total. The average Bonchev–Trinajstić information content (AvgIpc) is 2.26. The number of hydrogen-bond acceptors (Lipinski definition) is 2. The van der Waals surface area contributed by atoms with Gasteiger partial charge in [-0.15, -0.1) is 0 Å². The van der Waals surface area contributed by atoms with Crippen molar-refractivity contribution in [3.05, 3.63) is 11.6 Å². The molecule has 0 spiro atoms. The lowest BCUT2D eigenvalue weighted by molar-refractivity contribution is 0.301. The topological polar surface area (TPSA) is 15.3 Å². The molecule has 0 amide bonds. The average molecular weight is 196 g/mol. The van der Waals surface area contributed by atoms with E-state index in [1.165, 1.54) is 38.9 Å². The van der Waals surface area contributed by atoms with E-state index < -0.39 is 0 Å². The fourth-order valence-corrected chi connectivity index (χ4v) is 1.88. The van der Waals surface area contributed by atoms with Crippen LogP contribution >= 0.6 is 0 Å². The molecule has 0 radical (unpaired) electrons. The largest absolute Gasteiger partial charge is 0.317 e. The van der Waals surface area contributed by atoms with E-state index in [1.54, 1.807) is 5.57 Å². The van der Waals surface area contributed by atoms with Gasteiger partial charge >= 0.3 is 0 Å². The Balaban J connectivity index is 2.27. The van der Waals surface area contributed by atoms with Crippen LogP contribution < -0.4 is 5.32 Å². The first kappa shape index (κ1) is 11.7. The fraction of sp³-hybridized carbons (Fsp3) is 0.833. The Morgan fingerprint density at radius 1 is 1.57 bits per heavy atom. The predicted octanol–water partition coefficient (Wildman–Crippen LogP) is 2.03. The van der Waals surface area contributed by atoms with Gasteiger partial charge < -0.3 is 5.32 Å². The summed E-state index contributed by atoms with van der Waals surface area (Å²) in [6.07, 6.45) is 6.21. The molecule has 1 rings (SSSR count). The van der Waals surface area contributed by atoms with Crippen molar-refractivity contribution in [3.8, 4) is 0 Å². The maximum absolute atomic E-state index is 3.29. The quantitative estimate of drug-likeness (QED) is 0.677. The van der Waals surface area contributed by atoms with E-state index in [0.717, 1.165) is 0 Å². The molecule has 1 aliphatic heterocycles. The second-order valence-electron chi connectivity index (χ2n) is 4.25. The van der Waals surface area contributed by atoms with E-state index in [1.807, 2.05) is 7.05 Å². The monoisotopic (exact) mass is 196 g/mol. The van der Waals surface area contributed by atoms with Crippen molar-refractivity contribution in [2.45, 2.75) is 39.2 Å². The molecule has 1 N–H and O–H groups in total. The molecule has 2 heteroatoms. The van der Waals surface area contributed by atoms with Crippen molar-refractivity contribution in [3.63, 3.8) is 0 Å². The molecule has 0 aromatic carbocycles. The van der Waals surface area contributed by atoms with Gasteiger partial charge in [-0.25, -0.2) is 0 Å². The van der Waals surface area contributed by atoms with Gasteiger partial charge in [0.1, 0.15) is 0 Å². The minimum atomic E-state index is 0.646. The number of nitrogens with one attached hydrogen (secondary N) is 1. The third-order valence-corrected chi connectivity index (χ3v) is 3.14. The van der Waals surface area contributed by atoms with E-state index in [-0.39, 0.29) is 0 Å². The van der Waals surface area contributed by atoms with Crippen LogP contribution in [0.1, 0.15) is 33.1 Å². The lowest BCUT2D eigenvalue weighted by Gasteiger charge is -2.26. The summed E-state index contributed by atoms with van der Waals surface area (Å²) in [5.41, 5.74) is 1.64. The highest BCUT2D eigenvalue weighted by atomic mass is 15.1. The second kappa shape index (κ2) is 6.20. The third kappa shape index (κ3) is 3.81. The lowest BCUT2D eigenvalue weighted by atomic mass is 10.0. The lowest BCUT2D eigenvalue weighted by Crippen LogP contribution is -2.30. The van der Waals surface area contributed by atoms with Crippen molar-refractivity contribution in [2.75, 3.05) is 26.7 Å². The zero-order chi connectivity index (χ0) is 10.4. The van der Waals surface area contributed by atoms with Crippen molar-refractivity contribution in [1.82, 2.24) is 10.2 Å². The van der Waals surface area contributed by atoms with Crippen LogP contribution in [0.3, 0.4) is 0 Å². The summed E-state index contributed by atoms with van der Waals surface area (Å²) >= 11 is 0. The highest BCUT2D eigenvalue weighted by Crippen LogP contribution is 2.15. The molecule has 0 bridgehead atoms. The molecule has 1 unspecified atom stereocenters. The molecular weight excluding hydrogens is 172 g/mol. The van der Waals surface area contributed by atoms with Gasteiger partial charge in [0.15, 0.2) is 0 Å². The summed E-state index contributed by atoms with van der Waals surface area (Å²) in [6.45, 7) is 8.15. The van der Waals surface area contributed by atoms with Crippen LogP contribution in [0.2, 0.25) is 0 Å². The number of likely N-dealkylation sites (N-methyl/N-ethyl adjacent to an activating group) is 1. The van der Waals surface area contributed by atoms with E-state index in [0.29, 0.717) is 6.04 Å². The molecule has 0 saturated heterocycles. The molecule has 0 aromatic heterocycles. The zero-order valence-corrected chi connectivity index (χ0v) is 9.84. The van der Waals surface area contributed by atoms with Gasteiger partial charge in [-0.1, -0.05) is 18.6 Å². The Morgan fingerprint density at radius 2 is 2.36 bits per heavy atom. The van der Waals surface area contributed by atoms with Gasteiger partial charge in [0, 0.05) is 19.1 Å². The van der Waals surface area contributed by atoms with Gasteiger partial charge in [-0.05, 0) is 39.8 Å². The van der Waals surface area contributed by atoms with Crippen LogP contribution in [0, 0.1) is 0 Å². The Hall–Kier alpha value is -0.340. The summed E-state index contributed by atoms with van der Waals surface area (Å²) in [7, 11) is 2.04. The van der Waals surface area contributed by atoms with Gasteiger partial charge in [-0.3, -0.25) is 4.90 Å². The second-order valence-corrected chi connectivity index (χ2v) is 4.25. The molecule has 14 heavy (non-hydrogen) atoms. The van der Waals surface area contributed by atoms with E-state index in [4.69, 9.17) is 0 Å². The summed E-state index contributed by atoms with van der Waals surface area (Å²) in [6, 6.07) is 0.646. The molecule has 82 valence electrons. The van der Waals surface area contributed by atoms with E-state index in [2.05, 4.69) is 30.1 Å². The van der Waals surface area contributed by atoms with Crippen LogP contribution in [0.4, 0.5) is 0 Å². The smallest absolute Gasteiger partial charge is 0.0192 e. The van der Waals surface area contributed by atoms with Crippen molar-refractivity contribution < 1.29 is 0 Å². The molecule has 1 heterocycles. The van der Waals surface area contributed by atoms with Crippen LogP contribution in [0.5, 0.6) is 0 Å². The van der Waals surface area contributed by atoms with Crippen molar-refractivity contribution in [2.24, 2.45) is 0 Å². The fourth-order valence-electron chi connectivity index (χ4n) is 1.88. The van der Waals surface area contributed by atoms with Crippen molar-refractivity contribution >= 4 is 0 Å². The number of nitrogens with zero attached hydrogens (tertiary/aromatic N) is 1. The predicted molar refractivity (Wildman–Crippen MR) is 62.6 cm³/mol. The molecule has 0 saturated carbocycles. The highest BCUT2D eigenvalue weighted by molar-refractivity contribution is 5.08. The zero-order valence-electron chi connectivity index (χ0n) is 9.84. The van der Waals surface area contributed by atoms with Gasteiger partial charge in [0.05, 0.1) is 0 Å². The third-order valence-electron chi connectivity index (χ3n) is 3.14.